The van der Waals surface area contributed by atoms with Gasteiger partial charge in [0.15, 0.2) is 5.82 Å². The average molecular weight is 308 g/mol. The van der Waals surface area contributed by atoms with E-state index < -0.39 is 0 Å². The van der Waals surface area contributed by atoms with Crippen LogP contribution in [-0.2, 0) is 4.74 Å². The number of rotatable bonds is 6. The van der Waals surface area contributed by atoms with E-state index in [1.54, 1.807) is 11.1 Å². The summed E-state index contributed by atoms with van der Waals surface area (Å²) >= 11 is 0. The summed E-state index contributed by atoms with van der Waals surface area (Å²) in [5.74, 6) is 1.25. The van der Waals surface area contributed by atoms with E-state index in [0.29, 0.717) is 31.5 Å². The number of hydrogen-bond acceptors (Lipinski definition) is 7. The second kappa shape index (κ2) is 8.35. The minimum absolute atomic E-state index is 0.226. The Morgan fingerprint density at radius 3 is 2.86 bits per heavy atom. The highest BCUT2D eigenvalue weighted by molar-refractivity contribution is 5.67. The van der Waals surface area contributed by atoms with Gasteiger partial charge in [-0.05, 0) is 26.2 Å². The highest BCUT2D eigenvalue weighted by Gasteiger charge is 2.23. The number of aromatic nitrogens is 3. The minimum Gasteiger partial charge on any atom is -0.450 e. The van der Waals surface area contributed by atoms with Gasteiger partial charge in [-0.25, -0.2) is 4.79 Å². The highest BCUT2D eigenvalue weighted by atomic mass is 16.6. The molecule has 1 amide bonds. The van der Waals surface area contributed by atoms with E-state index in [-0.39, 0.29) is 12.1 Å². The van der Waals surface area contributed by atoms with Crippen LogP contribution in [0.5, 0.6) is 0 Å². The molecule has 2 rings (SSSR count). The Labute approximate surface area is 130 Å². The predicted octanol–water partition coefficient (Wildman–Crippen LogP) is 1.73. The van der Waals surface area contributed by atoms with Crippen molar-refractivity contribution in [3.8, 4) is 0 Å². The Hall–Kier alpha value is -2.12. The van der Waals surface area contributed by atoms with Crippen LogP contribution in [0.15, 0.2) is 6.20 Å². The molecule has 0 bridgehead atoms. The topological polar surface area (TPSA) is 92.3 Å². The van der Waals surface area contributed by atoms with Gasteiger partial charge in [-0.2, -0.15) is 10.1 Å². The fourth-order valence-electron chi connectivity index (χ4n) is 2.32. The van der Waals surface area contributed by atoms with Crippen molar-refractivity contribution in [2.45, 2.75) is 39.2 Å². The minimum atomic E-state index is -0.226. The standard InChI is InChI=1S/C14H24N6O2/c1-3-7-15-13-18-12(10-16-19-13)17-11-5-8-20(9-6-11)14(21)22-4-2/h10-11H,3-9H2,1-2H3,(H2,15,17,18,19). The second-order valence-electron chi connectivity index (χ2n) is 5.20. The van der Waals surface area contributed by atoms with Gasteiger partial charge in [-0.3, -0.25) is 0 Å². The molecule has 8 heteroatoms. The number of nitrogens with zero attached hydrogens (tertiary/aromatic N) is 4. The molecular formula is C14H24N6O2. The maximum Gasteiger partial charge on any atom is 0.409 e. The molecule has 1 fully saturated rings. The van der Waals surface area contributed by atoms with Gasteiger partial charge in [0.25, 0.3) is 0 Å². The van der Waals surface area contributed by atoms with E-state index in [0.717, 1.165) is 25.8 Å². The van der Waals surface area contributed by atoms with Crippen LogP contribution in [0.25, 0.3) is 0 Å². The van der Waals surface area contributed by atoms with Gasteiger partial charge >= 0.3 is 6.09 Å². The molecule has 0 aliphatic carbocycles. The van der Waals surface area contributed by atoms with Crippen molar-refractivity contribution in [1.29, 1.82) is 0 Å². The van der Waals surface area contributed by atoms with Gasteiger partial charge < -0.3 is 20.3 Å². The molecule has 0 spiro atoms. The Morgan fingerprint density at radius 2 is 2.18 bits per heavy atom. The first-order valence-electron chi connectivity index (χ1n) is 7.84. The Bertz CT molecular complexity index is 476. The maximum atomic E-state index is 11.7. The molecule has 0 aromatic carbocycles. The number of carbonyl (C=O) groups is 1. The summed E-state index contributed by atoms with van der Waals surface area (Å²) in [6.45, 7) is 6.52. The summed E-state index contributed by atoms with van der Waals surface area (Å²) in [6, 6.07) is 0.279. The largest absolute Gasteiger partial charge is 0.450 e. The molecule has 1 aliphatic rings. The zero-order valence-electron chi connectivity index (χ0n) is 13.2. The van der Waals surface area contributed by atoms with Crippen LogP contribution in [0.2, 0.25) is 0 Å². The number of ether oxygens (including phenoxy) is 1. The summed E-state index contributed by atoms with van der Waals surface area (Å²) in [5.41, 5.74) is 0. The van der Waals surface area contributed by atoms with Gasteiger partial charge in [0.1, 0.15) is 0 Å². The van der Waals surface area contributed by atoms with Crippen LogP contribution >= 0.6 is 0 Å². The fraction of sp³-hybridized carbons (Fsp3) is 0.714. The fourth-order valence-corrected chi connectivity index (χ4v) is 2.32. The lowest BCUT2D eigenvalue weighted by Crippen LogP contribution is -2.42. The van der Waals surface area contributed by atoms with Crippen LogP contribution in [0.1, 0.15) is 33.1 Å². The summed E-state index contributed by atoms with van der Waals surface area (Å²) in [4.78, 5) is 17.8. The number of hydrogen-bond donors (Lipinski definition) is 2. The summed E-state index contributed by atoms with van der Waals surface area (Å²) in [7, 11) is 0. The summed E-state index contributed by atoms with van der Waals surface area (Å²) in [6.07, 6.45) is 4.12. The molecule has 122 valence electrons. The third-order valence-electron chi connectivity index (χ3n) is 3.46. The summed E-state index contributed by atoms with van der Waals surface area (Å²) < 4.78 is 5.02. The smallest absolute Gasteiger partial charge is 0.409 e. The molecule has 1 aromatic rings. The van der Waals surface area contributed by atoms with Crippen LogP contribution < -0.4 is 10.6 Å². The van der Waals surface area contributed by atoms with E-state index in [2.05, 4.69) is 32.7 Å². The SMILES string of the molecule is CCCNc1nncc(NC2CCN(C(=O)OCC)CC2)n1. The van der Waals surface area contributed by atoms with Crippen molar-refractivity contribution in [3.05, 3.63) is 6.20 Å². The Balaban J connectivity index is 1.81. The van der Waals surface area contributed by atoms with Crippen LogP contribution in [0.3, 0.4) is 0 Å². The number of anilines is 2. The second-order valence-corrected chi connectivity index (χ2v) is 5.20. The zero-order valence-corrected chi connectivity index (χ0v) is 13.2. The first-order chi connectivity index (χ1) is 10.7. The van der Waals surface area contributed by atoms with Crippen LogP contribution in [0, 0.1) is 0 Å². The van der Waals surface area contributed by atoms with Crippen molar-refractivity contribution in [2.75, 3.05) is 36.9 Å². The monoisotopic (exact) mass is 308 g/mol. The Kier molecular flexibility index (Phi) is 6.17. The van der Waals surface area contributed by atoms with Crippen molar-refractivity contribution in [1.82, 2.24) is 20.1 Å². The van der Waals surface area contributed by atoms with Gasteiger partial charge in [-0.1, -0.05) is 6.92 Å². The van der Waals surface area contributed by atoms with E-state index in [1.807, 2.05) is 6.92 Å². The predicted molar refractivity (Wildman–Crippen MR) is 83.8 cm³/mol. The maximum absolute atomic E-state index is 11.7. The number of carbonyl (C=O) groups excluding carboxylic acids is 1. The highest BCUT2D eigenvalue weighted by Crippen LogP contribution is 2.16. The molecule has 1 saturated heterocycles. The third-order valence-corrected chi connectivity index (χ3v) is 3.46. The molecule has 2 heterocycles. The lowest BCUT2D eigenvalue weighted by atomic mass is 10.1. The molecule has 2 N–H and O–H groups in total. The number of piperidine rings is 1. The molecule has 1 aromatic heterocycles. The molecule has 0 radical (unpaired) electrons. The van der Waals surface area contributed by atoms with Crippen LogP contribution in [-0.4, -0.2) is 58.5 Å². The van der Waals surface area contributed by atoms with E-state index >= 15 is 0 Å². The van der Waals surface area contributed by atoms with E-state index in [1.165, 1.54) is 0 Å². The first kappa shape index (κ1) is 16.3. The molecule has 0 unspecified atom stereocenters. The van der Waals surface area contributed by atoms with Gasteiger partial charge in [0.2, 0.25) is 5.95 Å². The molecule has 0 saturated carbocycles. The number of likely N-dealkylation sites (tertiary alicyclic amines) is 1. The van der Waals surface area contributed by atoms with E-state index in [9.17, 15) is 4.79 Å². The number of nitrogens with one attached hydrogen (secondary N) is 2. The normalized spacial score (nSPS) is 15.5. The average Bonchev–Trinajstić information content (AvgIpc) is 2.54. The third kappa shape index (κ3) is 4.71. The van der Waals surface area contributed by atoms with Gasteiger partial charge in [0.05, 0.1) is 12.8 Å². The zero-order chi connectivity index (χ0) is 15.8. The van der Waals surface area contributed by atoms with Crippen molar-refractivity contribution < 1.29 is 9.53 Å². The molecule has 22 heavy (non-hydrogen) atoms. The van der Waals surface area contributed by atoms with Gasteiger partial charge in [0, 0.05) is 25.7 Å². The quantitative estimate of drug-likeness (QED) is 0.826. The van der Waals surface area contributed by atoms with Crippen molar-refractivity contribution in [2.24, 2.45) is 0 Å². The molecule has 8 nitrogen and oxygen atoms in total. The van der Waals surface area contributed by atoms with E-state index in [4.69, 9.17) is 4.74 Å². The number of amides is 1. The molecule has 0 atom stereocenters. The first-order valence-corrected chi connectivity index (χ1v) is 7.84. The van der Waals surface area contributed by atoms with Gasteiger partial charge in [-0.15, -0.1) is 5.10 Å². The molecule has 1 aliphatic heterocycles. The van der Waals surface area contributed by atoms with Crippen molar-refractivity contribution >= 4 is 17.9 Å². The Morgan fingerprint density at radius 1 is 1.41 bits per heavy atom. The lowest BCUT2D eigenvalue weighted by Gasteiger charge is -2.31. The van der Waals surface area contributed by atoms with Crippen molar-refractivity contribution in [3.63, 3.8) is 0 Å². The lowest BCUT2D eigenvalue weighted by molar-refractivity contribution is 0.0983. The summed E-state index contributed by atoms with van der Waals surface area (Å²) in [5, 5.41) is 14.4. The van der Waals surface area contributed by atoms with Crippen LogP contribution in [0.4, 0.5) is 16.6 Å². The molecular weight excluding hydrogens is 284 g/mol.